The number of aryl methyl sites for hydroxylation is 1. The van der Waals surface area contributed by atoms with Gasteiger partial charge in [0.2, 0.25) is 0 Å². The Kier molecular flexibility index (Phi) is 8.03. The van der Waals surface area contributed by atoms with Crippen molar-refractivity contribution in [1.29, 1.82) is 5.26 Å². The molecular formula is C37H35ClF3N9O2S. The molecule has 1 spiro atoms. The summed E-state index contributed by atoms with van der Waals surface area (Å²) in [6.07, 6.45) is 4.40. The molecule has 2 aromatic carbocycles. The van der Waals surface area contributed by atoms with Gasteiger partial charge in [0.1, 0.15) is 46.7 Å². The highest BCUT2D eigenvalue weighted by atomic mass is 35.5. The number of aromatic nitrogens is 4. The molecule has 16 heteroatoms. The molecule has 4 saturated heterocycles. The number of rotatable bonds is 6. The van der Waals surface area contributed by atoms with Gasteiger partial charge in [-0.05, 0) is 56.0 Å². The Morgan fingerprint density at radius 1 is 1.17 bits per heavy atom. The van der Waals surface area contributed by atoms with Gasteiger partial charge < -0.3 is 20.3 Å². The van der Waals surface area contributed by atoms with E-state index in [-0.39, 0.29) is 66.3 Å². The third-order valence-electron chi connectivity index (χ3n) is 11.6. The van der Waals surface area contributed by atoms with Crippen LogP contribution in [0.5, 0.6) is 6.01 Å². The number of carbonyl (C=O) groups is 1. The molecule has 5 aromatic rings. The fourth-order valence-electron chi connectivity index (χ4n) is 9.17. The number of hydrogen-bond donors (Lipinski definition) is 1. The summed E-state index contributed by atoms with van der Waals surface area (Å²) in [6, 6.07) is 7.90. The summed E-state index contributed by atoms with van der Waals surface area (Å²) >= 11 is 7.84. The molecule has 4 aliphatic heterocycles. The molecule has 0 saturated carbocycles. The van der Waals surface area contributed by atoms with E-state index >= 15 is 4.39 Å². The van der Waals surface area contributed by atoms with Crippen LogP contribution in [-0.2, 0) is 7.05 Å². The fourth-order valence-corrected chi connectivity index (χ4v) is 10.4. The third kappa shape index (κ3) is 5.40. The van der Waals surface area contributed by atoms with Crippen molar-refractivity contribution in [2.75, 3.05) is 56.5 Å². The fraction of sp³-hybridized carbons (Fsp3) is 0.432. The smallest absolute Gasteiger partial charge is 0.319 e. The second-order valence-corrected chi connectivity index (χ2v) is 16.4. The van der Waals surface area contributed by atoms with Crippen LogP contribution in [0.3, 0.4) is 0 Å². The van der Waals surface area contributed by atoms with Crippen molar-refractivity contribution < 1.29 is 22.7 Å². The highest BCUT2D eigenvalue weighted by Crippen LogP contribution is 2.47. The zero-order valence-corrected chi connectivity index (χ0v) is 30.4. The van der Waals surface area contributed by atoms with Gasteiger partial charge >= 0.3 is 6.01 Å². The lowest BCUT2D eigenvalue weighted by atomic mass is 9.73. The number of nitrogens with two attached hydrogens (primary N) is 1. The van der Waals surface area contributed by atoms with Crippen LogP contribution in [-0.4, -0.2) is 93.0 Å². The number of nitrogen functional groups attached to an aromatic ring is 1. The molecule has 1 unspecified atom stereocenters. The Morgan fingerprint density at radius 2 is 1.98 bits per heavy atom. The maximum absolute atomic E-state index is 17.2. The summed E-state index contributed by atoms with van der Waals surface area (Å²) in [5.41, 5.74) is 6.07. The molecule has 7 heterocycles. The van der Waals surface area contributed by atoms with Crippen molar-refractivity contribution in [2.45, 2.75) is 43.8 Å². The molecule has 4 aliphatic rings. The number of nitrogens with zero attached hydrogens (tertiary/aromatic N) is 8. The topological polar surface area (TPSA) is 129 Å². The second kappa shape index (κ2) is 12.5. The zero-order chi connectivity index (χ0) is 36.8. The predicted molar refractivity (Wildman–Crippen MR) is 196 cm³/mol. The molecule has 2 atom stereocenters. The monoisotopic (exact) mass is 761 g/mol. The van der Waals surface area contributed by atoms with E-state index in [1.807, 2.05) is 11.0 Å². The Hall–Kier alpha value is -4.65. The molecule has 0 aliphatic carbocycles. The summed E-state index contributed by atoms with van der Waals surface area (Å²) in [6.45, 7) is 3.54. The zero-order valence-electron chi connectivity index (χ0n) is 28.8. The molecule has 2 N–H and O–H groups in total. The molecule has 4 fully saturated rings. The number of carbonyl (C=O) groups excluding carboxylic acids is 1. The highest BCUT2D eigenvalue weighted by Gasteiger charge is 2.50. The first kappa shape index (κ1) is 34.1. The van der Waals surface area contributed by atoms with E-state index in [1.165, 1.54) is 12.1 Å². The minimum Gasteiger partial charge on any atom is -0.461 e. The van der Waals surface area contributed by atoms with E-state index in [1.54, 1.807) is 30.1 Å². The molecule has 0 radical (unpaired) electrons. The standard InChI is InChI=1S/C37H35ClF3N9O2S/c1-47-26(6-9-44-47)34(51)49-17-36(18-49)7-2-10-48(16-36)33-22-12-24(38)28(21-4-5-25(40)31-27(21)23(14-42)32(43)53-31)29(41)30(22)45-35(46-33)52-19-37-8-3-11-50(37)15-20(39)13-37/h4-6,9,12,20H,2-3,7-8,10-11,13,15-19,43H2,1H3/t20-,37?/m1/s1. The number of fused-ring (bicyclic) bond motifs is 3. The first-order chi connectivity index (χ1) is 25.5. The van der Waals surface area contributed by atoms with Crippen molar-refractivity contribution in [2.24, 2.45) is 12.5 Å². The number of benzene rings is 2. The van der Waals surface area contributed by atoms with Gasteiger partial charge in [0.25, 0.3) is 5.91 Å². The first-order valence-corrected chi connectivity index (χ1v) is 18.8. The van der Waals surface area contributed by atoms with E-state index in [0.29, 0.717) is 56.0 Å². The number of nitriles is 1. The normalized spacial score (nSPS) is 22.5. The van der Waals surface area contributed by atoms with Gasteiger partial charge in [-0.15, -0.1) is 11.3 Å². The van der Waals surface area contributed by atoms with E-state index in [0.717, 1.165) is 43.6 Å². The average molecular weight is 762 g/mol. The van der Waals surface area contributed by atoms with Crippen LogP contribution >= 0.6 is 22.9 Å². The summed E-state index contributed by atoms with van der Waals surface area (Å²) < 4.78 is 54.8. The van der Waals surface area contributed by atoms with Crippen molar-refractivity contribution in [3.8, 4) is 23.2 Å². The first-order valence-electron chi connectivity index (χ1n) is 17.6. The number of halogens is 4. The molecule has 53 heavy (non-hydrogen) atoms. The molecule has 274 valence electrons. The summed E-state index contributed by atoms with van der Waals surface area (Å²) in [5.74, 6) is -1.01. The van der Waals surface area contributed by atoms with Gasteiger partial charge in [0.15, 0.2) is 5.82 Å². The predicted octanol–water partition coefficient (Wildman–Crippen LogP) is 6.33. The van der Waals surface area contributed by atoms with Crippen LogP contribution in [0.2, 0.25) is 5.02 Å². The van der Waals surface area contributed by atoms with E-state index in [2.05, 4.69) is 19.9 Å². The number of amides is 1. The van der Waals surface area contributed by atoms with E-state index in [9.17, 15) is 18.8 Å². The number of thiophene rings is 1. The maximum Gasteiger partial charge on any atom is 0.319 e. The van der Waals surface area contributed by atoms with Crippen molar-refractivity contribution in [1.82, 2.24) is 29.5 Å². The van der Waals surface area contributed by atoms with Gasteiger partial charge in [-0.3, -0.25) is 14.4 Å². The van der Waals surface area contributed by atoms with Gasteiger partial charge in [0, 0.05) is 74.1 Å². The number of alkyl halides is 1. The lowest BCUT2D eigenvalue weighted by Gasteiger charge is -2.54. The minimum atomic E-state index is -0.956. The molecular weight excluding hydrogens is 727 g/mol. The Labute approximate surface area is 311 Å². The van der Waals surface area contributed by atoms with Crippen LogP contribution in [0.15, 0.2) is 30.5 Å². The van der Waals surface area contributed by atoms with Crippen LogP contribution in [0, 0.1) is 28.4 Å². The maximum atomic E-state index is 17.2. The van der Waals surface area contributed by atoms with Crippen LogP contribution in [0.1, 0.15) is 48.2 Å². The van der Waals surface area contributed by atoms with Crippen molar-refractivity contribution in [3.63, 3.8) is 0 Å². The number of anilines is 2. The SMILES string of the molecule is Cn1nccc1C(=O)N1CC2(CCCN(c3nc(OCC45CCCN4C[C@H](F)C5)nc4c(F)c(-c5ccc(F)c6sc(N)c(C#N)c56)c(Cl)cc34)C2)C1. The Bertz CT molecular complexity index is 2370. The minimum absolute atomic E-state index is 0.0267. The quantitative estimate of drug-likeness (QED) is 0.211. The van der Waals surface area contributed by atoms with Gasteiger partial charge in [0.05, 0.1) is 20.8 Å². The highest BCUT2D eigenvalue weighted by molar-refractivity contribution is 7.23. The Balaban J connectivity index is 1.13. The largest absolute Gasteiger partial charge is 0.461 e. The van der Waals surface area contributed by atoms with Crippen molar-refractivity contribution in [3.05, 3.63) is 58.4 Å². The molecule has 3 aromatic heterocycles. The van der Waals surface area contributed by atoms with Crippen LogP contribution in [0.25, 0.3) is 32.1 Å². The molecule has 1 amide bonds. The third-order valence-corrected chi connectivity index (χ3v) is 12.9. The lowest BCUT2D eigenvalue weighted by Crippen LogP contribution is -2.64. The van der Waals surface area contributed by atoms with E-state index < -0.39 is 23.3 Å². The Morgan fingerprint density at radius 3 is 2.75 bits per heavy atom. The van der Waals surface area contributed by atoms with Crippen LogP contribution < -0.4 is 15.4 Å². The average Bonchev–Trinajstić information content (AvgIpc) is 3.89. The summed E-state index contributed by atoms with van der Waals surface area (Å²) in [4.78, 5) is 28.7. The number of ether oxygens (including phenoxy) is 1. The molecule has 11 nitrogen and oxygen atoms in total. The van der Waals surface area contributed by atoms with Crippen LogP contribution in [0.4, 0.5) is 24.0 Å². The molecule has 0 bridgehead atoms. The van der Waals surface area contributed by atoms with Gasteiger partial charge in [-0.25, -0.2) is 13.2 Å². The number of piperidine rings is 1. The lowest BCUT2D eigenvalue weighted by molar-refractivity contribution is -0.00264. The summed E-state index contributed by atoms with van der Waals surface area (Å²) in [5, 5.41) is 14.7. The molecule has 9 rings (SSSR count). The number of likely N-dealkylation sites (tertiary alicyclic amines) is 1. The van der Waals surface area contributed by atoms with E-state index in [4.69, 9.17) is 27.1 Å². The van der Waals surface area contributed by atoms with Gasteiger partial charge in [-0.2, -0.15) is 20.3 Å². The summed E-state index contributed by atoms with van der Waals surface area (Å²) in [7, 11) is 1.74. The second-order valence-electron chi connectivity index (χ2n) is 14.9. The van der Waals surface area contributed by atoms with Crippen molar-refractivity contribution >= 4 is 60.7 Å². The number of hydrogen-bond acceptors (Lipinski definition) is 10. The van der Waals surface area contributed by atoms with Gasteiger partial charge in [-0.1, -0.05) is 17.7 Å².